The Morgan fingerprint density at radius 2 is 0.951 bits per heavy atom. The van der Waals surface area contributed by atoms with Crippen molar-refractivity contribution in [3.8, 4) is 62.1 Å². The molecule has 15 aromatic rings. The molecule has 0 aliphatic heterocycles. The van der Waals surface area contributed by atoms with Gasteiger partial charge in [0.1, 0.15) is 0 Å². The first-order chi connectivity index (χ1) is 41.0. The molecule has 5 aromatic heterocycles. The molecule has 0 saturated carbocycles. The van der Waals surface area contributed by atoms with E-state index in [1.165, 1.54) is 27.2 Å². The van der Waals surface area contributed by atoms with Crippen molar-refractivity contribution in [2.45, 2.75) is 59.2 Å². The molecule has 7 heteroatoms. The minimum absolute atomic E-state index is 0.116. The summed E-state index contributed by atoms with van der Waals surface area (Å²) in [5.41, 5.74) is 17.5. The van der Waals surface area contributed by atoms with Crippen LogP contribution >= 0.6 is 0 Å². The summed E-state index contributed by atoms with van der Waals surface area (Å²) in [6.45, 7) is 11.2. The van der Waals surface area contributed by atoms with E-state index in [0.29, 0.717) is 22.9 Å². The van der Waals surface area contributed by atoms with Crippen LogP contribution in [0.5, 0.6) is 11.5 Å². The number of hydrogen-bond donors (Lipinski definition) is 0. The van der Waals surface area contributed by atoms with E-state index in [-0.39, 0.29) is 16.4 Å². The molecule has 0 amide bonds. The van der Waals surface area contributed by atoms with Crippen molar-refractivity contribution in [1.82, 2.24) is 23.1 Å². The van der Waals surface area contributed by atoms with E-state index in [1.54, 1.807) is 12.3 Å². The Labute approximate surface area is 491 Å². The van der Waals surface area contributed by atoms with Crippen molar-refractivity contribution in [3.05, 3.63) is 251 Å². The topological polar surface area (TPSA) is 41.3 Å². The number of fused-ring (bicyclic) bond motifs is 10. The van der Waals surface area contributed by atoms with Crippen LogP contribution < -0.4 is 4.74 Å². The van der Waals surface area contributed by atoms with Crippen LogP contribution in [0.2, 0.25) is 0 Å². The fourth-order valence-corrected chi connectivity index (χ4v) is 13.6. The maximum absolute atomic E-state index is 8.90. The molecule has 0 atom stereocenters. The van der Waals surface area contributed by atoms with E-state index in [0.717, 1.165) is 97.8 Å². The van der Waals surface area contributed by atoms with Gasteiger partial charge in [-0.1, -0.05) is 66.7 Å². The molecule has 5 heterocycles. The summed E-state index contributed by atoms with van der Waals surface area (Å²) in [7, 11) is 0. The Morgan fingerprint density at radius 1 is 0.415 bits per heavy atom. The van der Waals surface area contributed by atoms with E-state index in [1.807, 2.05) is 30.3 Å². The molecule has 400 valence electrons. The van der Waals surface area contributed by atoms with Gasteiger partial charge in [0.2, 0.25) is 0 Å². The van der Waals surface area contributed by atoms with Crippen molar-refractivity contribution in [2.75, 3.05) is 0 Å². The normalized spacial score (nSPS) is 13.1. The van der Waals surface area contributed by atoms with Crippen molar-refractivity contribution in [1.29, 1.82) is 0 Å². The van der Waals surface area contributed by atoms with Crippen molar-refractivity contribution < 1.29 is 28.2 Å². The van der Waals surface area contributed by atoms with Crippen LogP contribution in [0.4, 0.5) is 0 Å². The minimum Gasteiger partial charge on any atom is -0.0622 e. The number of benzene rings is 10. The summed E-state index contributed by atoms with van der Waals surface area (Å²) in [6, 6.07) is 79.1. The monoisotopic (exact) mass is 1240 g/mol. The predicted molar refractivity (Wildman–Crippen MR) is 338 cm³/mol. The molecular weight excluding hydrogens is 1180 g/mol. The van der Waals surface area contributed by atoms with Gasteiger partial charge in [-0.05, 0) is 24.0 Å². The number of rotatable bonds is 8. The third-order valence-electron chi connectivity index (χ3n) is 16.6. The quantitative estimate of drug-likeness (QED) is 0.152. The predicted octanol–water partition coefficient (Wildman–Crippen LogP) is 19.8. The second-order valence-corrected chi connectivity index (χ2v) is 24.8. The zero-order valence-electron chi connectivity index (χ0n) is 49.4. The molecule has 0 radical (unpaired) electrons. The summed E-state index contributed by atoms with van der Waals surface area (Å²) < 4.78 is 44.2. The Kier molecular flexibility index (Phi) is 10.7. The average molecular weight is 1240 g/mol. The van der Waals surface area contributed by atoms with Gasteiger partial charge in [0, 0.05) is 37.4 Å². The van der Waals surface area contributed by atoms with Crippen LogP contribution in [0.15, 0.2) is 231 Å². The van der Waals surface area contributed by atoms with Crippen molar-refractivity contribution in [2.24, 2.45) is 0 Å². The molecule has 0 spiro atoms. The number of aromatic nitrogens is 5. The third kappa shape index (κ3) is 7.94. The summed E-state index contributed by atoms with van der Waals surface area (Å²) in [5.74, 6) is 1.81. The van der Waals surface area contributed by atoms with Crippen molar-refractivity contribution >= 4 is 70.9 Å². The first-order valence-corrected chi connectivity index (χ1v) is 29.1. The summed E-state index contributed by atoms with van der Waals surface area (Å²) in [4.78, 5) is 5.16. The number of para-hydroxylation sites is 4. The fraction of sp³-hybridized carbons (Fsp3) is 0.120. The van der Waals surface area contributed by atoms with Gasteiger partial charge in [-0.15, -0.1) is 0 Å². The zero-order chi connectivity index (χ0) is 58.3. The van der Waals surface area contributed by atoms with Crippen LogP contribution in [0.25, 0.3) is 122 Å². The van der Waals surface area contributed by atoms with Gasteiger partial charge in [-0.3, -0.25) is 0 Å². The standard InChI is InChI=1S/C75H59N5O.Pt/c1-47-36-71(76-45-64(47)50-26-15-10-16-27-50)79-68-42-54(34-35-57(68)62-43-63-59-30-21-29-58-56-28-17-18-31-65(56)80(73(58)59)70(63)44-69(62)79)81-55-38-51(74(2,3)4)37-53(41-55)77-46-78(67-33-20-19-32-66(67)77)72-60(48-22-11-8-12-23-48)39-52(75(5,6)7)40-61(72)49-24-13-9-14-25-49;/h8-45H,1-7H3;/i1D3;. The molecule has 0 aliphatic carbocycles. The van der Waals surface area contributed by atoms with E-state index < -0.39 is 6.85 Å². The molecular formula is C75H59N5OPt. The van der Waals surface area contributed by atoms with Crippen molar-refractivity contribution in [3.63, 3.8) is 0 Å². The summed E-state index contributed by atoms with van der Waals surface area (Å²) in [5, 5.41) is 6.75. The molecule has 0 unspecified atom stereocenters. The number of hydrogen-bond acceptors (Lipinski definition) is 2. The molecule has 6 nitrogen and oxygen atoms in total. The molecule has 82 heavy (non-hydrogen) atoms. The van der Waals surface area contributed by atoms with Gasteiger partial charge in [0.15, 0.2) is 0 Å². The molecule has 10 aromatic carbocycles. The second-order valence-electron chi connectivity index (χ2n) is 23.8. The molecule has 0 fully saturated rings. The van der Waals surface area contributed by atoms with E-state index in [2.05, 4.69) is 267 Å². The van der Waals surface area contributed by atoms with Gasteiger partial charge < -0.3 is 4.40 Å². The van der Waals surface area contributed by atoms with Gasteiger partial charge in [0.25, 0.3) is 0 Å². The molecule has 15 rings (SSSR count). The van der Waals surface area contributed by atoms with Crippen LogP contribution in [-0.4, -0.2) is 23.1 Å². The molecule has 0 N–H and O–H groups in total. The minimum atomic E-state index is -2.43. The number of pyridine rings is 1. The number of imidazole rings is 1. The SMILES string of the molecule is [2H]C([2H])([2H])c1cc(-n2c3cc(Oc4cc(-n5[c](=[Pt])n(-c6c(-c7ccccc7)cc(C(C)(C)C)cc6-c6ccccc6)c6ccccc65)cc(C(C)(C)C)c4)ccc3c3cc4c5cccc6c7ccccc7n(c4cc32)c65)ncc1-c1ccccc1. The van der Waals surface area contributed by atoms with E-state index >= 15 is 0 Å². The molecule has 0 saturated heterocycles. The first-order valence-electron chi connectivity index (χ1n) is 29.5. The fourth-order valence-electron chi connectivity index (χ4n) is 12.5. The Balaban J connectivity index is 0.944. The molecule has 0 aliphatic rings. The Bertz CT molecular complexity index is 5170. The van der Waals surface area contributed by atoms with Crippen LogP contribution in [-0.2, 0) is 30.2 Å². The van der Waals surface area contributed by atoms with Crippen LogP contribution in [0.1, 0.15) is 62.3 Å². The van der Waals surface area contributed by atoms with Gasteiger partial charge in [0.05, 0.1) is 16.6 Å². The van der Waals surface area contributed by atoms with Gasteiger partial charge in [-0.25, -0.2) is 0 Å². The smallest absolute Gasteiger partial charge is 0.0622 e. The second kappa shape index (κ2) is 18.7. The zero-order valence-corrected chi connectivity index (χ0v) is 48.7. The van der Waals surface area contributed by atoms with Gasteiger partial charge >= 0.3 is 346 Å². The van der Waals surface area contributed by atoms with Gasteiger partial charge in [-0.2, -0.15) is 0 Å². The average Bonchev–Trinajstić information content (AvgIpc) is 1.73. The third-order valence-corrected chi connectivity index (χ3v) is 17.6. The maximum atomic E-state index is 8.90. The number of ether oxygens (including phenoxy) is 1. The first kappa shape index (κ1) is 46.6. The Hall–Kier alpha value is -9.09. The summed E-state index contributed by atoms with van der Waals surface area (Å²) in [6.07, 6.45) is 1.72. The van der Waals surface area contributed by atoms with E-state index in [9.17, 15) is 0 Å². The van der Waals surface area contributed by atoms with Crippen LogP contribution in [0, 0.1) is 10.7 Å². The molecule has 0 bridgehead atoms. The number of aryl methyl sites for hydroxylation is 1. The Morgan fingerprint density at radius 3 is 1.60 bits per heavy atom. The van der Waals surface area contributed by atoms with Crippen LogP contribution in [0.3, 0.4) is 0 Å². The summed E-state index contributed by atoms with van der Waals surface area (Å²) >= 11 is 2.54. The number of nitrogens with zero attached hydrogens (tertiary/aromatic N) is 5. The van der Waals surface area contributed by atoms with E-state index in [4.69, 9.17) is 13.8 Å².